The fourth-order valence-corrected chi connectivity index (χ4v) is 1.48. The average Bonchev–Trinajstić information content (AvgIpc) is 2.15. The zero-order valence-corrected chi connectivity index (χ0v) is 10.2. The van der Waals surface area contributed by atoms with Gasteiger partial charge in [-0.05, 0) is 26.0 Å². The minimum absolute atomic E-state index is 0.403. The molecule has 1 rings (SSSR count). The van der Waals surface area contributed by atoms with Gasteiger partial charge in [-0.15, -0.1) is 0 Å². The molecule has 16 heavy (non-hydrogen) atoms. The van der Waals surface area contributed by atoms with Crippen LogP contribution in [0, 0.1) is 0 Å². The smallest absolute Gasteiger partial charge is 0.238 e. The van der Waals surface area contributed by atoms with Crippen molar-refractivity contribution in [3.8, 4) is 5.88 Å². The van der Waals surface area contributed by atoms with Crippen molar-refractivity contribution in [1.29, 1.82) is 0 Å². The lowest BCUT2D eigenvalue weighted by molar-refractivity contribution is 0.0884. The molecule has 0 atom stereocenters. The summed E-state index contributed by atoms with van der Waals surface area (Å²) in [7, 11) is 3.38. The summed E-state index contributed by atoms with van der Waals surface area (Å²) in [6, 6.07) is 3.53. The number of nitrogens with zero attached hydrogens (tertiary/aromatic N) is 2. The van der Waals surface area contributed by atoms with E-state index in [2.05, 4.69) is 4.98 Å². The second-order valence-electron chi connectivity index (χ2n) is 4.44. The van der Waals surface area contributed by atoms with Crippen LogP contribution in [-0.4, -0.2) is 36.4 Å². The Morgan fingerprint density at radius 1 is 1.50 bits per heavy atom. The van der Waals surface area contributed by atoms with Crippen LogP contribution in [0.3, 0.4) is 0 Å². The van der Waals surface area contributed by atoms with Crippen LogP contribution in [0.2, 0.25) is 0 Å². The molecule has 0 spiro atoms. The van der Waals surface area contributed by atoms with Crippen LogP contribution in [0.15, 0.2) is 12.1 Å². The van der Waals surface area contributed by atoms with Gasteiger partial charge in [0, 0.05) is 13.6 Å². The van der Waals surface area contributed by atoms with Gasteiger partial charge in [0.25, 0.3) is 0 Å². The van der Waals surface area contributed by atoms with E-state index in [1.807, 2.05) is 11.9 Å². The molecule has 0 aliphatic heterocycles. The minimum Gasteiger partial charge on any atom is -0.479 e. The van der Waals surface area contributed by atoms with Crippen LogP contribution < -0.4 is 15.4 Å². The summed E-state index contributed by atoms with van der Waals surface area (Å²) in [4.78, 5) is 6.09. The van der Waals surface area contributed by atoms with Gasteiger partial charge in [-0.3, -0.25) is 0 Å². The Kier molecular flexibility index (Phi) is 3.59. The molecule has 90 valence electrons. The molecule has 1 heterocycles. The van der Waals surface area contributed by atoms with E-state index in [1.165, 1.54) is 7.11 Å². The first-order chi connectivity index (χ1) is 7.33. The number of nitrogen functional groups attached to an aromatic ring is 1. The van der Waals surface area contributed by atoms with E-state index in [0.717, 1.165) is 0 Å². The number of hydrogen-bond donors (Lipinski definition) is 2. The number of hydrogen-bond acceptors (Lipinski definition) is 5. The molecule has 0 bridgehead atoms. The third kappa shape index (κ3) is 3.27. The van der Waals surface area contributed by atoms with Gasteiger partial charge in [-0.1, -0.05) is 0 Å². The predicted octanol–water partition coefficient (Wildman–Crippen LogP) is 0.879. The summed E-state index contributed by atoms with van der Waals surface area (Å²) >= 11 is 0. The number of methoxy groups -OCH3 is 1. The van der Waals surface area contributed by atoms with E-state index in [-0.39, 0.29) is 0 Å². The molecular formula is C11H19N3O2. The van der Waals surface area contributed by atoms with Crippen molar-refractivity contribution in [2.45, 2.75) is 19.4 Å². The SMILES string of the molecule is COc1nc(N(C)CC(C)(C)O)ccc1N. The summed E-state index contributed by atoms with van der Waals surface area (Å²) < 4.78 is 5.04. The van der Waals surface area contributed by atoms with Gasteiger partial charge in [0.15, 0.2) is 0 Å². The number of pyridine rings is 1. The first kappa shape index (κ1) is 12.6. The molecule has 0 aromatic carbocycles. The number of ether oxygens (including phenoxy) is 1. The summed E-state index contributed by atoms with van der Waals surface area (Å²) in [5.74, 6) is 1.12. The highest BCUT2D eigenvalue weighted by Crippen LogP contribution is 2.22. The van der Waals surface area contributed by atoms with Gasteiger partial charge in [0.1, 0.15) is 5.82 Å². The van der Waals surface area contributed by atoms with Gasteiger partial charge in [0.05, 0.1) is 18.4 Å². The molecule has 0 saturated heterocycles. The molecule has 0 amide bonds. The van der Waals surface area contributed by atoms with Crippen molar-refractivity contribution in [2.24, 2.45) is 0 Å². The highest BCUT2D eigenvalue weighted by molar-refractivity contribution is 5.54. The zero-order chi connectivity index (χ0) is 12.3. The Bertz CT molecular complexity index is 361. The van der Waals surface area contributed by atoms with Gasteiger partial charge in [-0.25, -0.2) is 0 Å². The van der Waals surface area contributed by atoms with Crippen LogP contribution in [0.4, 0.5) is 11.5 Å². The molecule has 1 aromatic rings. The fourth-order valence-electron chi connectivity index (χ4n) is 1.48. The Labute approximate surface area is 95.8 Å². The van der Waals surface area contributed by atoms with Crippen LogP contribution in [0.1, 0.15) is 13.8 Å². The topological polar surface area (TPSA) is 71.6 Å². The number of aliphatic hydroxyl groups is 1. The van der Waals surface area contributed by atoms with E-state index in [9.17, 15) is 5.11 Å². The van der Waals surface area contributed by atoms with Crippen molar-refractivity contribution in [2.75, 3.05) is 31.3 Å². The number of aromatic nitrogens is 1. The van der Waals surface area contributed by atoms with Crippen molar-refractivity contribution < 1.29 is 9.84 Å². The van der Waals surface area contributed by atoms with E-state index in [0.29, 0.717) is 23.9 Å². The standard InChI is InChI=1S/C11H19N3O2/c1-11(2,15)7-14(3)9-6-5-8(12)10(13-9)16-4/h5-6,15H,7,12H2,1-4H3. The first-order valence-corrected chi connectivity index (χ1v) is 5.07. The van der Waals surface area contributed by atoms with Crippen LogP contribution >= 0.6 is 0 Å². The number of nitrogens with two attached hydrogens (primary N) is 1. The molecule has 0 radical (unpaired) electrons. The lowest BCUT2D eigenvalue weighted by Crippen LogP contribution is -2.36. The maximum absolute atomic E-state index is 9.71. The molecule has 5 nitrogen and oxygen atoms in total. The molecule has 1 aromatic heterocycles. The summed E-state index contributed by atoms with van der Waals surface area (Å²) in [5, 5.41) is 9.71. The van der Waals surface area contributed by atoms with E-state index in [4.69, 9.17) is 10.5 Å². The Hall–Kier alpha value is -1.49. The second kappa shape index (κ2) is 4.57. The van der Waals surface area contributed by atoms with Crippen LogP contribution in [0.25, 0.3) is 0 Å². The van der Waals surface area contributed by atoms with Gasteiger partial charge >= 0.3 is 0 Å². The monoisotopic (exact) mass is 225 g/mol. The highest BCUT2D eigenvalue weighted by atomic mass is 16.5. The van der Waals surface area contributed by atoms with Crippen LogP contribution in [-0.2, 0) is 0 Å². The number of anilines is 2. The Balaban J connectivity index is 2.88. The Morgan fingerprint density at radius 3 is 2.62 bits per heavy atom. The van der Waals surface area contributed by atoms with Gasteiger partial charge in [0.2, 0.25) is 5.88 Å². The second-order valence-corrected chi connectivity index (χ2v) is 4.44. The van der Waals surface area contributed by atoms with Crippen molar-refractivity contribution in [3.63, 3.8) is 0 Å². The van der Waals surface area contributed by atoms with E-state index in [1.54, 1.807) is 26.0 Å². The highest BCUT2D eigenvalue weighted by Gasteiger charge is 2.17. The molecule has 0 unspecified atom stereocenters. The van der Waals surface area contributed by atoms with Crippen molar-refractivity contribution in [3.05, 3.63) is 12.1 Å². The minimum atomic E-state index is -0.773. The number of rotatable bonds is 4. The van der Waals surface area contributed by atoms with Crippen LogP contribution in [0.5, 0.6) is 5.88 Å². The van der Waals surface area contributed by atoms with Gasteiger partial charge in [-0.2, -0.15) is 4.98 Å². The Morgan fingerprint density at radius 2 is 2.12 bits per heavy atom. The fraction of sp³-hybridized carbons (Fsp3) is 0.545. The normalized spacial score (nSPS) is 11.3. The van der Waals surface area contributed by atoms with E-state index >= 15 is 0 Å². The zero-order valence-electron chi connectivity index (χ0n) is 10.2. The maximum atomic E-state index is 9.71. The third-order valence-electron chi connectivity index (χ3n) is 2.08. The van der Waals surface area contributed by atoms with Gasteiger partial charge < -0.3 is 20.5 Å². The maximum Gasteiger partial charge on any atom is 0.238 e. The predicted molar refractivity (Wildman–Crippen MR) is 64.8 cm³/mol. The first-order valence-electron chi connectivity index (χ1n) is 5.07. The summed E-state index contributed by atoms with van der Waals surface area (Å²) in [6.07, 6.45) is 0. The molecular weight excluding hydrogens is 206 g/mol. The van der Waals surface area contributed by atoms with Crippen molar-refractivity contribution >= 4 is 11.5 Å². The third-order valence-corrected chi connectivity index (χ3v) is 2.08. The summed E-state index contributed by atoms with van der Waals surface area (Å²) in [5.41, 5.74) is 5.40. The lowest BCUT2D eigenvalue weighted by atomic mass is 10.1. The summed E-state index contributed by atoms with van der Waals surface area (Å²) in [6.45, 7) is 3.98. The quantitative estimate of drug-likeness (QED) is 0.796. The van der Waals surface area contributed by atoms with E-state index < -0.39 is 5.60 Å². The largest absolute Gasteiger partial charge is 0.479 e. The lowest BCUT2D eigenvalue weighted by Gasteiger charge is -2.26. The molecule has 5 heteroatoms. The molecule has 3 N–H and O–H groups in total. The van der Waals surface area contributed by atoms with Crippen molar-refractivity contribution in [1.82, 2.24) is 4.98 Å². The molecule has 0 fully saturated rings. The molecule has 0 aliphatic rings. The molecule has 0 aliphatic carbocycles. The number of likely N-dealkylation sites (N-methyl/N-ethyl adjacent to an activating group) is 1. The average molecular weight is 225 g/mol. The molecule has 0 saturated carbocycles.